The molecule has 1 atom stereocenters. The van der Waals surface area contributed by atoms with Crippen LogP contribution in [0.4, 0.5) is 4.39 Å². The van der Waals surface area contributed by atoms with Crippen LogP contribution in [0.15, 0.2) is 47.6 Å². The van der Waals surface area contributed by atoms with Crippen molar-refractivity contribution in [3.8, 4) is 0 Å². The van der Waals surface area contributed by atoms with E-state index in [-0.39, 0.29) is 11.5 Å². The van der Waals surface area contributed by atoms with Crippen LogP contribution in [-0.4, -0.2) is 47.1 Å². The predicted molar refractivity (Wildman–Crippen MR) is 106 cm³/mol. The molecule has 1 unspecified atom stereocenters. The first-order valence-corrected chi connectivity index (χ1v) is 9.69. The molecule has 0 spiro atoms. The maximum absolute atomic E-state index is 14.4. The SMILES string of the molecule is O=CC1NN=C(Cc2ccc(F)c(C(=O)N3CCC(O)CC3)c2)c2ccccc21. The van der Waals surface area contributed by atoms with E-state index in [2.05, 4.69) is 10.5 Å². The van der Waals surface area contributed by atoms with E-state index in [1.807, 2.05) is 24.3 Å². The van der Waals surface area contributed by atoms with E-state index in [4.69, 9.17) is 0 Å². The molecular weight excluding hydrogens is 373 g/mol. The smallest absolute Gasteiger partial charge is 0.256 e. The molecule has 2 aliphatic heterocycles. The maximum Gasteiger partial charge on any atom is 0.256 e. The van der Waals surface area contributed by atoms with Gasteiger partial charge in [0.15, 0.2) is 0 Å². The molecule has 1 amide bonds. The summed E-state index contributed by atoms with van der Waals surface area (Å²) in [5.41, 5.74) is 6.07. The summed E-state index contributed by atoms with van der Waals surface area (Å²) >= 11 is 0. The van der Waals surface area contributed by atoms with Crippen molar-refractivity contribution < 1.29 is 19.1 Å². The van der Waals surface area contributed by atoms with Crippen molar-refractivity contribution in [2.24, 2.45) is 5.10 Å². The van der Waals surface area contributed by atoms with Crippen molar-refractivity contribution in [3.63, 3.8) is 0 Å². The largest absolute Gasteiger partial charge is 0.393 e. The fraction of sp³-hybridized carbons (Fsp3) is 0.318. The van der Waals surface area contributed by atoms with Gasteiger partial charge in [-0.05, 0) is 36.1 Å². The lowest BCUT2D eigenvalue weighted by atomic mass is 9.92. The van der Waals surface area contributed by atoms with Gasteiger partial charge in [0.1, 0.15) is 18.1 Å². The number of aliphatic hydroxyl groups is 1. The molecule has 7 heteroatoms. The Balaban J connectivity index is 1.58. The van der Waals surface area contributed by atoms with Crippen LogP contribution in [0.5, 0.6) is 0 Å². The zero-order valence-corrected chi connectivity index (χ0v) is 15.8. The topological polar surface area (TPSA) is 82.0 Å². The number of aliphatic hydroxyl groups excluding tert-OH is 1. The lowest BCUT2D eigenvalue weighted by Crippen LogP contribution is -2.40. The van der Waals surface area contributed by atoms with Crippen molar-refractivity contribution in [2.75, 3.05) is 13.1 Å². The van der Waals surface area contributed by atoms with E-state index in [9.17, 15) is 19.1 Å². The zero-order valence-electron chi connectivity index (χ0n) is 15.8. The van der Waals surface area contributed by atoms with Crippen LogP contribution in [0.3, 0.4) is 0 Å². The number of piperidine rings is 1. The Morgan fingerprint density at radius 2 is 2.00 bits per heavy atom. The lowest BCUT2D eigenvalue weighted by Gasteiger charge is -2.29. The second kappa shape index (κ2) is 8.13. The zero-order chi connectivity index (χ0) is 20.4. The highest BCUT2D eigenvalue weighted by Gasteiger charge is 2.26. The van der Waals surface area contributed by atoms with Gasteiger partial charge in [0, 0.05) is 25.1 Å². The van der Waals surface area contributed by atoms with Gasteiger partial charge in [-0.15, -0.1) is 0 Å². The predicted octanol–water partition coefficient (Wildman–Crippen LogP) is 2.21. The molecular formula is C22H22FN3O3. The number of nitrogens with one attached hydrogen (secondary N) is 1. The Kier molecular flexibility index (Phi) is 5.40. The minimum absolute atomic E-state index is 0.0299. The molecule has 2 N–H and O–H groups in total. The van der Waals surface area contributed by atoms with E-state index in [1.54, 1.807) is 17.0 Å². The first-order chi connectivity index (χ1) is 14.1. The number of amides is 1. The van der Waals surface area contributed by atoms with E-state index in [1.165, 1.54) is 6.07 Å². The molecule has 2 aromatic rings. The molecule has 1 fully saturated rings. The number of aldehydes is 1. The number of hydrogen-bond acceptors (Lipinski definition) is 5. The first kappa shape index (κ1) is 19.3. The molecule has 0 bridgehead atoms. The Hall–Kier alpha value is -3.06. The number of hydrogen-bond donors (Lipinski definition) is 2. The minimum Gasteiger partial charge on any atom is -0.393 e. The maximum atomic E-state index is 14.4. The summed E-state index contributed by atoms with van der Waals surface area (Å²) in [6.07, 6.45) is 1.81. The van der Waals surface area contributed by atoms with Crippen LogP contribution in [0.1, 0.15) is 45.9 Å². The van der Waals surface area contributed by atoms with Crippen LogP contribution < -0.4 is 5.43 Å². The molecule has 4 rings (SSSR count). The number of carbonyl (C=O) groups is 2. The van der Waals surface area contributed by atoms with Crippen LogP contribution in [0.2, 0.25) is 0 Å². The lowest BCUT2D eigenvalue weighted by molar-refractivity contribution is -0.109. The monoisotopic (exact) mass is 395 g/mol. The first-order valence-electron chi connectivity index (χ1n) is 9.69. The molecule has 2 aliphatic rings. The average molecular weight is 395 g/mol. The van der Waals surface area contributed by atoms with Gasteiger partial charge in [0.2, 0.25) is 0 Å². The van der Waals surface area contributed by atoms with Crippen molar-refractivity contribution >= 4 is 17.9 Å². The fourth-order valence-corrected chi connectivity index (χ4v) is 3.83. The highest BCUT2D eigenvalue weighted by molar-refractivity contribution is 6.04. The molecule has 150 valence electrons. The van der Waals surface area contributed by atoms with Gasteiger partial charge in [0.25, 0.3) is 5.91 Å². The summed E-state index contributed by atoms with van der Waals surface area (Å²) in [6.45, 7) is 0.835. The molecule has 29 heavy (non-hydrogen) atoms. The second-order valence-electron chi connectivity index (χ2n) is 7.40. The van der Waals surface area contributed by atoms with E-state index >= 15 is 0 Å². The standard InChI is InChI=1S/C22H22FN3O3/c23-19-6-5-14(11-18(19)22(29)26-9-7-15(28)8-10-26)12-20-16-3-1-2-4-17(16)21(13-27)25-24-20/h1-6,11,13,15,21,25,28H,7-10,12H2. The van der Waals surface area contributed by atoms with Crippen molar-refractivity contribution in [2.45, 2.75) is 31.4 Å². The normalized spacial score (nSPS) is 19.2. The van der Waals surface area contributed by atoms with Gasteiger partial charge >= 0.3 is 0 Å². The number of carbonyl (C=O) groups excluding carboxylic acids is 2. The third kappa shape index (κ3) is 3.91. The van der Waals surface area contributed by atoms with Gasteiger partial charge in [-0.25, -0.2) is 4.39 Å². The van der Waals surface area contributed by atoms with Crippen molar-refractivity contribution in [1.82, 2.24) is 10.3 Å². The minimum atomic E-state index is -0.560. The molecule has 0 radical (unpaired) electrons. The number of rotatable bonds is 4. The van der Waals surface area contributed by atoms with Gasteiger partial charge in [-0.1, -0.05) is 30.3 Å². The molecule has 2 aromatic carbocycles. The number of benzene rings is 2. The molecule has 1 saturated heterocycles. The van der Waals surface area contributed by atoms with Crippen LogP contribution >= 0.6 is 0 Å². The second-order valence-corrected chi connectivity index (χ2v) is 7.40. The third-order valence-corrected chi connectivity index (χ3v) is 5.47. The Labute approximate surface area is 168 Å². The summed E-state index contributed by atoms with van der Waals surface area (Å²) in [5, 5.41) is 14.0. The number of nitrogens with zero attached hydrogens (tertiary/aromatic N) is 2. The van der Waals surface area contributed by atoms with Crippen LogP contribution in [-0.2, 0) is 11.2 Å². The van der Waals surface area contributed by atoms with Crippen molar-refractivity contribution in [1.29, 1.82) is 0 Å². The van der Waals surface area contributed by atoms with E-state index < -0.39 is 18.0 Å². The number of likely N-dealkylation sites (tertiary alicyclic amines) is 1. The Bertz CT molecular complexity index is 968. The number of hydrazone groups is 1. The van der Waals surface area contributed by atoms with Crippen LogP contribution in [0, 0.1) is 5.82 Å². The molecule has 0 aromatic heterocycles. The molecule has 0 saturated carbocycles. The van der Waals surface area contributed by atoms with Crippen molar-refractivity contribution in [3.05, 3.63) is 70.5 Å². The Morgan fingerprint density at radius 3 is 2.76 bits per heavy atom. The third-order valence-electron chi connectivity index (χ3n) is 5.47. The van der Waals surface area contributed by atoms with Gasteiger partial charge in [-0.3, -0.25) is 10.2 Å². The summed E-state index contributed by atoms with van der Waals surface area (Å²) in [7, 11) is 0. The average Bonchev–Trinajstić information content (AvgIpc) is 2.75. The number of halogens is 1. The Morgan fingerprint density at radius 1 is 1.24 bits per heavy atom. The quantitative estimate of drug-likeness (QED) is 0.778. The van der Waals surface area contributed by atoms with Gasteiger partial charge in [-0.2, -0.15) is 5.10 Å². The summed E-state index contributed by atoms with van der Waals surface area (Å²) < 4.78 is 14.4. The highest BCUT2D eigenvalue weighted by atomic mass is 19.1. The van der Waals surface area contributed by atoms with E-state index in [0.717, 1.165) is 28.7 Å². The highest BCUT2D eigenvalue weighted by Crippen LogP contribution is 2.24. The summed E-state index contributed by atoms with van der Waals surface area (Å²) in [4.78, 5) is 25.6. The summed E-state index contributed by atoms with van der Waals surface area (Å²) in [5.74, 6) is -0.920. The van der Waals surface area contributed by atoms with E-state index in [0.29, 0.717) is 32.4 Å². The molecule has 6 nitrogen and oxygen atoms in total. The fourth-order valence-electron chi connectivity index (χ4n) is 3.83. The summed E-state index contributed by atoms with van der Waals surface area (Å²) in [6, 6.07) is 11.5. The van der Waals surface area contributed by atoms with Gasteiger partial charge in [0.05, 0.1) is 17.4 Å². The van der Waals surface area contributed by atoms with Crippen LogP contribution in [0.25, 0.3) is 0 Å². The molecule has 0 aliphatic carbocycles. The van der Waals surface area contributed by atoms with Gasteiger partial charge < -0.3 is 14.8 Å². The number of fused-ring (bicyclic) bond motifs is 1. The molecule has 2 heterocycles.